The Bertz CT molecular complexity index is 308. The summed E-state index contributed by atoms with van der Waals surface area (Å²) in [6, 6.07) is 9.93. The minimum Gasteiger partial charge on any atom is -0.491 e. The topological polar surface area (TPSA) is 18.5 Å². The summed E-state index contributed by atoms with van der Waals surface area (Å²) in [7, 11) is 0. The SMILES string of the molecule is CC(C)[C@@H]1CO[C@@H](COc2ccccc2)C1. The first-order valence-corrected chi connectivity index (χ1v) is 6.05. The molecule has 0 amide bonds. The normalized spacial score (nSPS) is 24.9. The van der Waals surface area contributed by atoms with E-state index >= 15 is 0 Å². The Labute approximate surface area is 97.6 Å². The average Bonchev–Trinajstić information content (AvgIpc) is 2.76. The Balaban J connectivity index is 1.76. The lowest BCUT2D eigenvalue weighted by molar-refractivity contribution is 0.0646. The number of para-hydroxylation sites is 1. The molecule has 0 aliphatic carbocycles. The molecule has 88 valence electrons. The monoisotopic (exact) mass is 220 g/mol. The average molecular weight is 220 g/mol. The first-order chi connectivity index (χ1) is 7.75. The van der Waals surface area contributed by atoms with Gasteiger partial charge in [-0.3, -0.25) is 0 Å². The van der Waals surface area contributed by atoms with Crippen LogP contribution in [0.15, 0.2) is 30.3 Å². The summed E-state index contributed by atoms with van der Waals surface area (Å²) >= 11 is 0. The molecule has 1 fully saturated rings. The molecule has 1 heterocycles. The van der Waals surface area contributed by atoms with Crippen molar-refractivity contribution in [1.82, 2.24) is 0 Å². The third-order valence-corrected chi connectivity index (χ3v) is 3.23. The van der Waals surface area contributed by atoms with Gasteiger partial charge in [0.1, 0.15) is 12.4 Å². The van der Waals surface area contributed by atoms with E-state index in [4.69, 9.17) is 9.47 Å². The summed E-state index contributed by atoms with van der Waals surface area (Å²) in [6.45, 7) is 6.08. The van der Waals surface area contributed by atoms with E-state index in [1.807, 2.05) is 30.3 Å². The number of benzene rings is 1. The van der Waals surface area contributed by atoms with Gasteiger partial charge in [0.05, 0.1) is 12.7 Å². The van der Waals surface area contributed by atoms with Crippen molar-refractivity contribution in [3.63, 3.8) is 0 Å². The van der Waals surface area contributed by atoms with Crippen LogP contribution in [0, 0.1) is 11.8 Å². The molecule has 0 unspecified atom stereocenters. The molecule has 0 saturated carbocycles. The summed E-state index contributed by atoms with van der Waals surface area (Å²) in [6.07, 6.45) is 1.40. The van der Waals surface area contributed by atoms with Crippen LogP contribution in [-0.2, 0) is 4.74 Å². The van der Waals surface area contributed by atoms with Crippen molar-refractivity contribution in [1.29, 1.82) is 0 Å². The van der Waals surface area contributed by atoms with Crippen molar-refractivity contribution in [3.05, 3.63) is 30.3 Å². The van der Waals surface area contributed by atoms with Crippen molar-refractivity contribution in [2.45, 2.75) is 26.4 Å². The highest BCUT2D eigenvalue weighted by atomic mass is 16.5. The largest absolute Gasteiger partial charge is 0.491 e. The predicted molar refractivity (Wildman–Crippen MR) is 64.6 cm³/mol. The maximum atomic E-state index is 5.72. The number of ether oxygens (including phenoxy) is 2. The molecule has 16 heavy (non-hydrogen) atoms. The lowest BCUT2D eigenvalue weighted by atomic mass is 9.93. The zero-order valence-corrected chi connectivity index (χ0v) is 10.1. The van der Waals surface area contributed by atoms with Gasteiger partial charge in [0, 0.05) is 0 Å². The molecule has 2 heteroatoms. The van der Waals surface area contributed by atoms with Crippen LogP contribution in [0.4, 0.5) is 0 Å². The van der Waals surface area contributed by atoms with E-state index in [2.05, 4.69) is 13.8 Å². The molecule has 1 aliphatic heterocycles. The second-order valence-corrected chi connectivity index (χ2v) is 4.82. The quantitative estimate of drug-likeness (QED) is 0.776. The van der Waals surface area contributed by atoms with E-state index < -0.39 is 0 Å². The highest BCUT2D eigenvalue weighted by Crippen LogP contribution is 2.26. The van der Waals surface area contributed by atoms with E-state index in [0.717, 1.165) is 18.8 Å². The molecular formula is C14H20O2. The minimum absolute atomic E-state index is 0.271. The maximum absolute atomic E-state index is 5.72. The van der Waals surface area contributed by atoms with Crippen molar-refractivity contribution in [2.24, 2.45) is 11.8 Å². The second-order valence-electron chi connectivity index (χ2n) is 4.82. The van der Waals surface area contributed by atoms with Gasteiger partial charge in [0.2, 0.25) is 0 Å². The Morgan fingerprint density at radius 2 is 2.06 bits per heavy atom. The van der Waals surface area contributed by atoms with Gasteiger partial charge in [-0.25, -0.2) is 0 Å². The molecule has 0 spiro atoms. The molecule has 0 bridgehead atoms. The third kappa shape index (κ3) is 2.99. The molecule has 0 aromatic heterocycles. The molecule has 2 nitrogen and oxygen atoms in total. The smallest absolute Gasteiger partial charge is 0.119 e. The van der Waals surface area contributed by atoms with Crippen LogP contribution in [0.5, 0.6) is 5.75 Å². The van der Waals surface area contributed by atoms with E-state index in [1.54, 1.807) is 0 Å². The van der Waals surface area contributed by atoms with Crippen LogP contribution < -0.4 is 4.74 Å². The third-order valence-electron chi connectivity index (χ3n) is 3.23. The second kappa shape index (κ2) is 5.35. The molecular weight excluding hydrogens is 200 g/mol. The van der Waals surface area contributed by atoms with E-state index in [1.165, 1.54) is 0 Å². The van der Waals surface area contributed by atoms with Gasteiger partial charge < -0.3 is 9.47 Å². The van der Waals surface area contributed by atoms with Gasteiger partial charge in [0.15, 0.2) is 0 Å². The Hall–Kier alpha value is -1.02. The van der Waals surface area contributed by atoms with Gasteiger partial charge in [-0.05, 0) is 30.4 Å². The summed E-state index contributed by atoms with van der Waals surface area (Å²) in [5, 5.41) is 0. The molecule has 1 aliphatic rings. The Morgan fingerprint density at radius 3 is 2.69 bits per heavy atom. The lowest BCUT2D eigenvalue weighted by Crippen LogP contribution is -2.17. The van der Waals surface area contributed by atoms with Crippen LogP contribution >= 0.6 is 0 Å². The fraction of sp³-hybridized carbons (Fsp3) is 0.571. The zero-order valence-electron chi connectivity index (χ0n) is 10.1. The Kier molecular flexibility index (Phi) is 3.83. The Morgan fingerprint density at radius 1 is 1.31 bits per heavy atom. The maximum Gasteiger partial charge on any atom is 0.119 e. The van der Waals surface area contributed by atoms with Gasteiger partial charge in [-0.1, -0.05) is 32.0 Å². The van der Waals surface area contributed by atoms with Crippen LogP contribution in [0.2, 0.25) is 0 Å². The standard InChI is InChI=1S/C14H20O2/c1-11(2)12-8-14(15-9-12)10-16-13-6-4-3-5-7-13/h3-7,11-12,14H,8-10H2,1-2H3/t12-,14+/m0/s1. The molecule has 2 rings (SSSR count). The van der Waals surface area contributed by atoms with Gasteiger partial charge in [-0.15, -0.1) is 0 Å². The lowest BCUT2D eigenvalue weighted by Gasteiger charge is -2.13. The minimum atomic E-state index is 0.271. The molecule has 1 saturated heterocycles. The first-order valence-electron chi connectivity index (χ1n) is 6.05. The summed E-state index contributed by atoms with van der Waals surface area (Å²) < 4.78 is 11.4. The van der Waals surface area contributed by atoms with Crippen LogP contribution in [-0.4, -0.2) is 19.3 Å². The van der Waals surface area contributed by atoms with Crippen molar-refractivity contribution >= 4 is 0 Å². The van der Waals surface area contributed by atoms with Gasteiger partial charge in [-0.2, -0.15) is 0 Å². The zero-order chi connectivity index (χ0) is 11.4. The van der Waals surface area contributed by atoms with Gasteiger partial charge >= 0.3 is 0 Å². The molecule has 1 aromatic rings. The van der Waals surface area contributed by atoms with E-state index in [0.29, 0.717) is 18.4 Å². The van der Waals surface area contributed by atoms with Crippen molar-refractivity contribution in [2.75, 3.05) is 13.2 Å². The summed E-state index contributed by atoms with van der Waals surface area (Å²) in [5.41, 5.74) is 0. The number of rotatable bonds is 4. The highest BCUT2D eigenvalue weighted by Gasteiger charge is 2.27. The van der Waals surface area contributed by atoms with E-state index in [-0.39, 0.29) is 6.10 Å². The predicted octanol–water partition coefficient (Wildman–Crippen LogP) is 3.13. The summed E-state index contributed by atoms with van der Waals surface area (Å²) in [5.74, 6) is 2.34. The molecule has 1 aromatic carbocycles. The molecule has 0 radical (unpaired) electrons. The van der Waals surface area contributed by atoms with Crippen molar-refractivity contribution < 1.29 is 9.47 Å². The summed E-state index contributed by atoms with van der Waals surface area (Å²) in [4.78, 5) is 0. The fourth-order valence-corrected chi connectivity index (χ4v) is 2.02. The van der Waals surface area contributed by atoms with Crippen LogP contribution in [0.25, 0.3) is 0 Å². The van der Waals surface area contributed by atoms with Crippen LogP contribution in [0.3, 0.4) is 0 Å². The van der Waals surface area contributed by atoms with E-state index in [9.17, 15) is 0 Å². The van der Waals surface area contributed by atoms with Gasteiger partial charge in [0.25, 0.3) is 0 Å². The van der Waals surface area contributed by atoms with Crippen LogP contribution in [0.1, 0.15) is 20.3 Å². The van der Waals surface area contributed by atoms with Crippen molar-refractivity contribution in [3.8, 4) is 5.75 Å². The number of hydrogen-bond acceptors (Lipinski definition) is 2. The number of hydrogen-bond donors (Lipinski definition) is 0. The highest BCUT2D eigenvalue weighted by molar-refractivity contribution is 5.20. The fourth-order valence-electron chi connectivity index (χ4n) is 2.02. The molecule has 2 atom stereocenters. The molecule has 0 N–H and O–H groups in total. The first kappa shape index (κ1) is 11.5.